The van der Waals surface area contributed by atoms with E-state index >= 15 is 0 Å². The van der Waals surface area contributed by atoms with E-state index in [-0.39, 0.29) is 35.5 Å². The van der Waals surface area contributed by atoms with E-state index in [1.807, 2.05) is 17.8 Å². The van der Waals surface area contributed by atoms with E-state index in [4.69, 9.17) is 9.90 Å². The van der Waals surface area contributed by atoms with Crippen LogP contribution in [0.4, 0.5) is 0 Å². The highest BCUT2D eigenvalue weighted by Gasteiger charge is 2.60. The number of carbonyl (C=O) groups excluding carboxylic acids is 1. The van der Waals surface area contributed by atoms with Gasteiger partial charge in [-0.2, -0.15) is 4.80 Å². The van der Waals surface area contributed by atoms with Gasteiger partial charge in [0.25, 0.3) is 6.47 Å². The molecule has 33 heavy (non-hydrogen) atoms. The molecule has 2 aromatic rings. The summed E-state index contributed by atoms with van der Waals surface area (Å²) in [6.45, 7) is 1.65. The number of amides is 1. The van der Waals surface area contributed by atoms with Crippen LogP contribution in [-0.4, -0.2) is 49.3 Å². The average molecular weight is 453 g/mol. The van der Waals surface area contributed by atoms with Crippen LogP contribution in [0, 0.1) is 18.8 Å². The van der Waals surface area contributed by atoms with Crippen LogP contribution in [0.5, 0.6) is 0 Å². The van der Waals surface area contributed by atoms with Gasteiger partial charge in [-0.3, -0.25) is 14.9 Å². The number of rotatable bonds is 4. The van der Waals surface area contributed by atoms with Crippen molar-refractivity contribution in [3.8, 4) is 0 Å². The van der Waals surface area contributed by atoms with Gasteiger partial charge in [-0.05, 0) is 80.9 Å². The Kier molecular flexibility index (Phi) is 5.68. The van der Waals surface area contributed by atoms with Crippen LogP contribution in [0.25, 0.3) is 0 Å². The monoisotopic (exact) mass is 452 g/mol. The Balaban J connectivity index is 0.000000724. The number of aryl methyl sites for hydroxylation is 1. The molecule has 9 heteroatoms. The predicted molar refractivity (Wildman–Crippen MR) is 120 cm³/mol. The summed E-state index contributed by atoms with van der Waals surface area (Å²) in [7, 11) is 0. The van der Waals surface area contributed by atoms with E-state index in [0.29, 0.717) is 11.8 Å². The Hall–Kier alpha value is -2.81. The summed E-state index contributed by atoms with van der Waals surface area (Å²) in [6.07, 6.45) is 8.55. The number of nitrogens with one attached hydrogen (secondary N) is 2. The molecule has 9 nitrogen and oxygen atoms in total. The number of carboxylic acid groups (broad SMARTS) is 1. The first-order valence-corrected chi connectivity index (χ1v) is 11.9. The lowest BCUT2D eigenvalue weighted by Crippen LogP contribution is -2.67. The van der Waals surface area contributed by atoms with Gasteiger partial charge in [-0.15, -0.1) is 10.2 Å². The quantitative estimate of drug-likeness (QED) is 0.609. The zero-order chi connectivity index (χ0) is 23.1. The topological polar surface area (TPSA) is 122 Å². The number of aromatic nitrogens is 4. The number of benzene rings is 1. The number of tetrazole rings is 1. The fourth-order valence-electron chi connectivity index (χ4n) is 7.33. The van der Waals surface area contributed by atoms with Crippen LogP contribution in [0.2, 0.25) is 0 Å². The van der Waals surface area contributed by atoms with E-state index in [0.717, 1.165) is 50.8 Å². The molecule has 1 aliphatic heterocycles. The van der Waals surface area contributed by atoms with Crippen molar-refractivity contribution >= 4 is 12.4 Å². The Morgan fingerprint density at radius 2 is 1.88 bits per heavy atom. The van der Waals surface area contributed by atoms with Crippen molar-refractivity contribution < 1.29 is 14.7 Å². The lowest BCUT2D eigenvalue weighted by Gasteiger charge is -2.61. The summed E-state index contributed by atoms with van der Waals surface area (Å²) in [6, 6.07) is 10.6. The minimum Gasteiger partial charge on any atom is -0.483 e. The highest BCUT2D eigenvalue weighted by Crippen LogP contribution is 2.60. The van der Waals surface area contributed by atoms with Gasteiger partial charge in [-0.1, -0.05) is 30.3 Å². The Morgan fingerprint density at radius 3 is 2.52 bits per heavy atom. The van der Waals surface area contributed by atoms with E-state index in [2.05, 4.69) is 50.3 Å². The van der Waals surface area contributed by atoms with Gasteiger partial charge in [0.15, 0.2) is 5.82 Å². The Bertz CT molecular complexity index is 995. The van der Waals surface area contributed by atoms with Crippen molar-refractivity contribution in [2.75, 3.05) is 0 Å². The molecule has 176 valence electrons. The zero-order valence-electron chi connectivity index (χ0n) is 19.0. The average Bonchev–Trinajstić information content (AvgIpc) is 3.44. The zero-order valence-corrected chi connectivity index (χ0v) is 19.0. The largest absolute Gasteiger partial charge is 0.483 e. The summed E-state index contributed by atoms with van der Waals surface area (Å²) in [5, 5.41) is 27.2. The number of hydrogen-bond donors (Lipinski definition) is 3. The molecule has 4 saturated carbocycles. The fraction of sp³-hybridized carbons (Fsp3) is 0.625. The summed E-state index contributed by atoms with van der Waals surface area (Å²) < 4.78 is 0. The number of hydrogen-bond acceptors (Lipinski definition) is 6. The lowest BCUT2D eigenvalue weighted by molar-refractivity contribution is -0.133. The van der Waals surface area contributed by atoms with E-state index in [1.54, 1.807) is 0 Å². The highest BCUT2D eigenvalue weighted by atomic mass is 16.3. The molecule has 2 unspecified atom stereocenters. The molecule has 1 saturated heterocycles. The van der Waals surface area contributed by atoms with Crippen LogP contribution in [0.3, 0.4) is 0 Å². The van der Waals surface area contributed by atoms with Crippen LogP contribution in [-0.2, 0) is 15.1 Å². The molecular formula is C24H32N6O3. The molecule has 3 N–H and O–H groups in total. The molecule has 1 amide bonds. The van der Waals surface area contributed by atoms with Crippen LogP contribution >= 0.6 is 0 Å². The van der Waals surface area contributed by atoms with Gasteiger partial charge in [-0.25, -0.2) is 0 Å². The first-order chi connectivity index (χ1) is 15.9. The van der Waals surface area contributed by atoms with E-state index in [1.165, 1.54) is 12.0 Å². The molecule has 4 aliphatic carbocycles. The van der Waals surface area contributed by atoms with Crippen molar-refractivity contribution in [3.05, 3.63) is 41.7 Å². The van der Waals surface area contributed by atoms with E-state index in [9.17, 15) is 4.79 Å². The molecule has 0 spiro atoms. The van der Waals surface area contributed by atoms with Crippen LogP contribution in [0.15, 0.2) is 30.3 Å². The maximum Gasteiger partial charge on any atom is 0.290 e. The molecule has 5 fully saturated rings. The molecule has 4 bridgehead atoms. The van der Waals surface area contributed by atoms with Gasteiger partial charge in [0, 0.05) is 11.6 Å². The molecule has 5 aliphatic rings. The van der Waals surface area contributed by atoms with Gasteiger partial charge in [0.1, 0.15) is 0 Å². The van der Waals surface area contributed by atoms with Crippen molar-refractivity contribution in [2.45, 2.75) is 81.5 Å². The van der Waals surface area contributed by atoms with E-state index < -0.39 is 0 Å². The summed E-state index contributed by atoms with van der Waals surface area (Å²) in [5.41, 5.74) is 1.08. The maximum absolute atomic E-state index is 13.3. The molecule has 4 atom stereocenters. The number of nitrogens with zero attached hydrogens (tertiary/aromatic N) is 4. The van der Waals surface area contributed by atoms with Crippen LogP contribution in [0.1, 0.15) is 68.8 Å². The Labute approximate surface area is 193 Å². The molecular weight excluding hydrogens is 420 g/mol. The number of carbonyl (C=O) groups is 2. The molecule has 2 heterocycles. The second-order valence-electron chi connectivity index (χ2n) is 10.4. The molecule has 7 rings (SSSR count). The van der Waals surface area contributed by atoms with Gasteiger partial charge >= 0.3 is 0 Å². The summed E-state index contributed by atoms with van der Waals surface area (Å²) in [4.78, 5) is 23.6. The fourth-order valence-corrected chi connectivity index (χ4v) is 7.33. The smallest absolute Gasteiger partial charge is 0.290 e. The van der Waals surface area contributed by atoms with Crippen molar-refractivity contribution in [1.82, 2.24) is 30.8 Å². The predicted octanol–water partition coefficient (Wildman–Crippen LogP) is 2.34. The third kappa shape index (κ3) is 4.14. The summed E-state index contributed by atoms with van der Waals surface area (Å²) >= 11 is 0. The molecule has 1 aromatic heterocycles. The standard InChI is InChI=1S/C23H30N6O.CH2O2/c1-15-26-28-29(27-15)23-12-16-9-17(13-23)11-22(10-16,14-23)25-21(30)20-8-7-19(24-20)18-5-3-2-4-6-18;2-1-3/h2-6,16-17,19-20,24H,7-14H2,1H3,(H,25,30);1H,(H,2,3)/t16?,17?,19-,20-,22?,23?;/m1./s1. The SMILES string of the molecule is Cc1nnn(C23CC4CC(CC(NC(=O)[C@H]5CC[C@H](c6ccccc6)N5)(C4)C2)C3)n1.O=CO. The third-order valence-electron chi connectivity index (χ3n) is 8.02. The van der Waals surface area contributed by atoms with Crippen molar-refractivity contribution in [1.29, 1.82) is 0 Å². The normalized spacial score (nSPS) is 36.2. The highest BCUT2D eigenvalue weighted by molar-refractivity contribution is 5.83. The second-order valence-corrected chi connectivity index (χ2v) is 10.4. The van der Waals surface area contributed by atoms with Crippen LogP contribution < -0.4 is 10.6 Å². The third-order valence-corrected chi connectivity index (χ3v) is 8.02. The maximum atomic E-state index is 13.3. The Morgan fingerprint density at radius 1 is 1.18 bits per heavy atom. The minimum absolute atomic E-state index is 0.0751. The van der Waals surface area contributed by atoms with Crippen molar-refractivity contribution in [3.63, 3.8) is 0 Å². The first kappa shape index (κ1) is 22.0. The molecule has 0 radical (unpaired) electrons. The van der Waals surface area contributed by atoms with Crippen molar-refractivity contribution in [2.24, 2.45) is 11.8 Å². The van der Waals surface area contributed by atoms with Gasteiger partial charge in [0.2, 0.25) is 5.91 Å². The summed E-state index contributed by atoms with van der Waals surface area (Å²) in [5.74, 6) is 2.19. The minimum atomic E-state index is -0.250. The van der Waals surface area contributed by atoms with Gasteiger partial charge in [0.05, 0.1) is 11.6 Å². The molecule has 1 aromatic carbocycles. The second kappa shape index (κ2) is 8.52. The van der Waals surface area contributed by atoms with Gasteiger partial charge < -0.3 is 10.4 Å². The lowest BCUT2D eigenvalue weighted by atomic mass is 9.50. The first-order valence-electron chi connectivity index (χ1n) is 11.9.